The summed E-state index contributed by atoms with van der Waals surface area (Å²) in [6.07, 6.45) is 0. The van der Waals surface area contributed by atoms with E-state index >= 15 is 0 Å². The lowest BCUT2D eigenvalue weighted by molar-refractivity contribution is -0.463. The van der Waals surface area contributed by atoms with Crippen LogP contribution in [0.15, 0.2) is 9.98 Å². The fourth-order valence-electron chi connectivity index (χ4n) is 1.22. The number of amidine groups is 1. The molecule has 0 aliphatic heterocycles. The maximum absolute atomic E-state index is 10.4. The quantitative estimate of drug-likeness (QED) is 0.190. The number of aromatic nitrogens is 2. The second kappa shape index (κ2) is 9.07. The van der Waals surface area contributed by atoms with E-state index in [9.17, 15) is 10.1 Å². The standard InChI is InChI=1S/C9H16N8O2S2/c1-12-6(4-17(18)19)13-2-3-20-5-7-14-9(21-16-7)15-8(10)11/h2-5H2,1H3,(H,12,13)(H4,10,11,14,15,16). The monoisotopic (exact) mass is 332 g/mol. The first-order chi connectivity index (χ1) is 10.0. The molecule has 12 heteroatoms. The van der Waals surface area contributed by atoms with Crippen LogP contribution in [0.1, 0.15) is 5.82 Å². The minimum absolute atomic E-state index is 0.0493. The van der Waals surface area contributed by atoms with Crippen molar-refractivity contribution >= 4 is 40.2 Å². The normalized spacial score (nSPS) is 11.2. The lowest BCUT2D eigenvalue weighted by atomic mass is 10.5. The zero-order valence-corrected chi connectivity index (χ0v) is 13.0. The van der Waals surface area contributed by atoms with Gasteiger partial charge < -0.3 is 16.8 Å². The van der Waals surface area contributed by atoms with E-state index in [0.717, 1.165) is 17.3 Å². The summed E-state index contributed by atoms with van der Waals surface area (Å²) in [5.74, 6) is 2.33. The van der Waals surface area contributed by atoms with Gasteiger partial charge in [0.25, 0.3) is 6.54 Å². The molecule has 0 saturated carbocycles. The molecule has 1 aromatic heterocycles. The number of rotatable bonds is 8. The lowest BCUT2D eigenvalue weighted by Crippen LogP contribution is -2.31. The van der Waals surface area contributed by atoms with E-state index in [1.165, 1.54) is 7.05 Å². The molecule has 0 radical (unpaired) electrons. The van der Waals surface area contributed by atoms with Gasteiger partial charge in [-0.25, -0.2) is 4.98 Å². The van der Waals surface area contributed by atoms with Crippen LogP contribution in [0.3, 0.4) is 0 Å². The van der Waals surface area contributed by atoms with Gasteiger partial charge in [0, 0.05) is 35.8 Å². The highest BCUT2D eigenvalue weighted by atomic mass is 32.2. The second-order valence-corrected chi connectivity index (χ2v) is 5.51. The van der Waals surface area contributed by atoms with E-state index in [-0.39, 0.29) is 12.5 Å². The molecule has 1 rings (SSSR count). The summed E-state index contributed by atoms with van der Waals surface area (Å²) in [5, 5.41) is 13.7. The van der Waals surface area contributed by atoms with Crippen molar-refractivity contribution in [3.8, 4) is 0 Å². The molecule has 0 aromatic carbocycles. The molecule has 1 heterocycles. The van der Waals surface area contributed by atoms with Crippen molar-refractivity contribution in [1.82, 2.24) is 14.7 Å². The molecule has 21 heavy (non-hydrogen) atoms. The Kier molecular flexibility index (Phi) is 7.39. The van der Waals surface area contributed by atoms with E-state index < -0.39 is 4.92 Å². The summed E-state index contributed by atoms with van der Waals surface area (Å²) >= 11 is 2.72. The van der Waals surface area contributed by atoms with Crippen molar-refractivity contribution < 1.29 is 4.92 Å². The fraction of sp³-hybridized carbons (Fsp3) is 0.556. The zero-order chi connectivity index (χ0) is 15.7. The summed E-state index contributed by atoms with van der Waals surface area (Å²) < 4.78 is 4.12. The molecule has 0 bridgehead atoms. The van der Waals surface area contributed by atoms with Crippen molar-refractivity contribution in [3.63, 3.8) is 0 Å². The summed E-state index contributed by atoms with van der Waals surface area (Å²) in [5.41, 5.74) is 10.5. The Bertz CT molecular complexity index is 526. The first kappa shape index (κ1) is 17.1. The predicted molar refractivity (Wildman–Crippen MR) is 84.8 cm³/mol. The summed E-state index contributed by atoms with van der Waals surface area (Å²) in [7, 11) is 1.52. The summed E-state index contributed by atoms with van der Waals surface area (Å²) in [6, 6.07) is 0. The van der Waals surface area contributed by atoms with Crippen LogP contribution in [0.4, 0.5) is 5.13 Å². The number of guanidine groups is 1. The maximum atomic E-state index is 10.4. The molecule has 10 nitrogen and oxygen atoms in total. The number of nitro groups is 1. The molecular formula is C9H16N8O2S2. The minimum atomic E-state index is -0.424. The van der Waals surface area contributed by atoms with Crippen molar-refractivity contribution in [2.24, 2.45) is 21.5 Å². The highest BCUT2D eigenvalue weighted by Gasteiger charge is 2.06. The molecule has 5 N–H and O–H groups in total. The Balaban J connectivity index is 2.24. The number of aliphatic imine (C=N–C) groups is 2. The highest BCUT2D eigenvalue weighted by molar-refractivity contribution is 7.98. The molecular weight excluding hydrogens is 316 g/mol. The van der Waals surface area contributed by atoms with Crippen LogP contribution in [0.5, 0.6) is 0 Å². The predicted octanol–water partition coefficient (Wildman–Crippen LogP) is -0.429. The number of thioether (sulfide) groups is 1. The number of nitrogens with two attached hydrogens (primary N) is 2. The molecule has 0 spiro atoms. The molecule has 0 fully saturated rings. The molecule has 0 unspecified atom stereocenters. The van der Waals surface area contributed by atoms with E-state index in [4.69, 9.17) is 11.5 Å². The number of nitrogens with zero attached hydrogens (tertiary/aromatic N) is 5. The summed E-state index contributed by atoms with van der Waals surface area (Å²) in [4.78, 5) is 21.7. The Morgan fingerprint density at radius 2 is 2.33 bits per heavy atom. The largest absolute Gasteiger partial charge is 0.370 e. The van der Waals surface area contributed by atoms with Gasteiger partial charge in [-0.15, -0.1) is 0 Å². The first-order valence-corrected chi connectivity index (χ1v) is 7.75. The van der Waals surface area contributed by atoms with E-state index in [1.54, 1.807) is 11.8 Å². The number of nitrogens with one attached hydrogen (secondary N) is 1. The van der Waals surface area contributed by atoms with Gasteiger partial charge in [-0.2, -0.15) is 21.1 Å². The summed E-state index contributed by atoms with van der Waals surface area (Å²) in [6.45, 7) is 0.284. The lowest BCUT2D eigenvalue weighted by Gasteiger charge is -2.04. The molecule has 0 amide bonds. The van der Waals surface area contributed by atoms with Crippen LogP contribution in [-0.4, -0.2) is 52.0 Å². The van der Waals surface area contributed by atoms with Crippen LogP contribution >= 0.6 is 23.3 Å². The molecule has 1 aromatic rings. The average molecular weight is 332 g/mol. The molecule has 0 aliphatic carbocycles. The SMILES string of the molecule is CN=C(C[N+](=O)[O-])NCCSCc1nsc(N=C(N)N)n1. The fourth-order valence-corrected chi connectivity index (χ4v) is 2.59. The Morgan fingerprint density at radius 1 is 1.57 bits per heavy atom. The van der Waals surface area contributed by atoms with Crippen LogP contribution in [0.25, 0.3) is 0 Å². The average Bonchev–Trinajstić information content (AvgIpc) is 2.83. The van der Waals surface area contributed by atoms with Crippen molar-refractivity contribution in [2.75, 3.05) is 25.9 Å². The Morgan fingerprint density at radius 3 is 2.95 bits per heavy atom. The van der Waals surface area contributed by atoms with E-state index in [0.29, 0.717) is 29.1 Å². The van der Waals surface area contributed by atoms with Gasteiger partial charge in [-0.05, 0) is 0 Å². The first-order valence-electron chi connectivity index (χ1n) is 5.82. The molecule has 0 atom stereocenters. The topological polar surface area (TPSA) is 158 Å². The Hall–Kier alpha value is -1.95. The van der Waals surface area contributed by atoms with E-state index in [2.05, 4.69) is 24.7 Å². The minimum Gasteiger partial charge on any atom is -0.370 e. The van der Waals surface area contributed by atoms with Crippen molar-refractivity contribution in [3.05, 3.63) is 15.9 Å². The number of hydrogen-bond donors (Lipinski definition) is 3. The van der Waals surface area contributed by atoms with Crippen LogP contribution < -0.4 is 16.8 Å². The van der Waals surface area contributed by atoms with E-state index in [1.807, 2.05) is 0 Å². The van der Waals surface area contributed by atoms with Crippen molar-refractivity contribution in [1.29, 1.82) is 0 Å². The smallest absolute Gasteiger partial charge is 0.259 e. The van der Waals surface area contributed by atoms with Gasteiger partial charge in [0.05, 0.1) is 5.75 Å². The van der Waals surface area contributed by atoms with Gasteiger partial charge in [0.15, 0.2) is 17.6 Å². The van der Waals surface area contributed by atoms with Crippen LogP contribution in [0, 0.1) is 10.1 Å². The zero-order valence-electron chi connectivity index (χ0n) is 11.4. The molecule has 0 saturated heterocycles. The van der Waals surface area contributed by atoms with Crippen LogP contribution in [-0.2, 0) is 5.75 Å². The third kappa shape index (κ3) is 7.41. The van der Waals surface area contributed by atoms with Gasteiger partial charge in [0.2, 0.25) is 5.13 Å². The van der Waals surface area contributed by atoms with Gasteiger partial charge in [-0.1, -0.05) is 0 Å². The molecule has 0 aliphatic rings. The molecule has 116 valence electrons. The van der Waals surface area contributed by atoms with Crippen molar-refractivity contribution in [2.45, 2.75) is 5.75 Å². The third-order valence-corrected chi connectivity index (χ3v) is 3.64. The highest BCUT2D eigenvalue weighted by Crippen LogP contribution is 2.17. The second-order valence-electron chi connectivity index (χ2n) is 3.67. The Labute approximate surface area is 129 Å². The third-order valence-electron chi connectivity index (χ3n) is 2.04. The van der Waals surface area contributed by atoms with Gasteiger partial charge >= 0.3 is 0 Å². The maximum Gasteiger partial charge on any atom is 0.259 e. The van der Waals surface area contributed by atoms with Gasteiger partial charge in [-0.3, -0.25) is 15.1 Å². The van der Waals surface area contributed by atoms with Gasteiger partial charge in [0.1, 0.15) is 0 Å². The number of hydrogen-bond acceptors (Lipinski definition) is 8. The van der Waals surface area contributed by atoms with Crippen LogP contribution in [0.2, 0.25) is 0 Å².